The van der Waals surface area contributed by atoms with E-state index in [1.165, 1.54) is 18.4 Å². The molecule has 0 N–H and O–H groups in total. The summed E-state index contributed by atoms with van der Waals surface area (Å²) in [6.45, 7) is 2.13. The van der Waals surface area contributed by atoms with Crippen molar-refractivity contribution < 1.29 is 4.74 Å². The molecular weight excluding hydrogens is 100 g/mol. The van der Waals surface area contributed by atoms with E-state index < -0.39 is 0 Å². The van der Waals surface area contributed by atoms with Gasteiger partial charge in [-0.1, -0.05) is 0 Å². The van der Waals surface area contributed by atoms with Crippen molar-refractivity contribution in [2.75, 3.05) is 7.11 Å². The molecule has 1 rings (SSSR count). The van der Waals surface area contributed by atoms with Gasteiger partial charge in [0.15, 0.2) is 0 Å². The van der Waals surface area contributed by atoms with Crippen LogP contribution in [0.3, 0.4) is 0 Å². The Balaban J connectivity index is 2.31. The highest BCUT2D eigenvalue weighted by Gasteiger charge is 2.22. The average Bonchev–Trinajstić information content (AvgIpc) is 2.45. The molecule has 1 heteroatoms. The molecule has 0 aromatic carbocycles. The normalized spacial score (nSPS) is 21.0. The average molecular weight is 112 g/mol. The number of allylic oxidation sites excluding steroid dienone is 1. The molecule has 1 fully saturated rings. The van der Waals surface area contributed by atoms with Crippen molar-refractivity contribution in [3.05, 3.63) is 11.8 Å². The second-order valence-electron chi connectivity index (χ2n) is 2.37. The van der Waals surface area contributed by atoms with E-state index in [4.69, 9.17) is 4.74 Å². The fourth-order valence-electron chi connectivity index (χ4n) is 0.821. The first kappa shape index (κ1) is 5.67. The molecule has 0 aromatic rings. The molecule has 0 unspecified atom stereocenters. The summed E-state index contributed by atoms with van der Waals surface area (Å²) in [4.78, 5) is 0. The Bertz CT molecular complexity index is 101. The molecule has 46 valence electrons. The van der Waals surface area contributed by atoms with Crippen LogP contribution in [-0.2, 0) is 4.74 Å². The predicted octanol–water partition coefficient (Wildman–Crippen LogP) is 1.95. The second-order valence-corrected chi connectivity index (χ2v) is 2.37. The van der Waals surface area contributed by atoms with E-state index in [2.05, 4.69) is 6.92 Å². The van der Waals surface area contributed by atoms with Gasteiger partial charge >= 0.3 is 0 Å². The first-order chi connectivity index (χ1) is 3.84. The van der Waals surface area contributed by atoms with E-state index in [0.29, 0.717) is 0 Å². The highest BCUT2D eigenvalue weighted by atomic mass is 16.5. The van der Waals surface area contributed by atoms with E-state index in [9.17, 15) is 0 Å². The lowest BCUT2D eigenvalue weighted by atomic mass is 10.2. The van der Waals surface area contributed by atoms with Gasteiger partial charge < -0.3 is 4.74 Å². The van der Waals surface area contributed by atoms with Crippen molar-refractivity contribution in [3.63, 3.8) is 0 Å². The molecule has 0 atom stereocenters. The molecule has 1 nitrogen and oxygen atoms in total. The fourth-order valence-corrected chi connectivity index (χ4v) is 0.821. The van der Waals surface area contributed by atoms with Gasteiger partial charge in [-0.15, -0.1) is 0 Å². The fraction of sp³-hybridized carbons (Fsp3) is 0.714. The minimum Gasteiger partial charge on any atom is -0.504 e. The third-order valence-electron chi connectivity index (χ3n) is 1.53. The maximum Gasteiger partial charge on any atom is 0.0816 e. The van der Waals surface area contributed by atoms with E-state index in [1.54, 1.807) is 7.11 Å². The lowest BCUT2D eigenvalue weighted by Gasteiger charge is -1.93. The maximum atomic E-state index is 4.84. The van der Waals surface area contributed by atoms with Crippen LogP contribution < -0.4 is 0 Å². The van der Waals surface area contributed by atoms with Crippen molar-refractivity contribution in [2.45, 2.75) is 19.8 Å². The Kier molecular flexibility index (Phi) is 1.56. The van der Waals surface area contributed by atoms with Crippen molar-refractivity contribution in [2.24, 2.45) is 5.92 Å². The van der Waals surface area contributed by atoms with E-state index in [0.717, 1.165) is 5.92 Å². The predicted molar refractivity (Wildman–Crippen MR) is 33.5 cm³/mol. The van der Waals surface area contributed by atoms with Gasteiger partial charge in [0.2, 0.25) is 0 Å². The summed E-state index contributed by atoms with van der Waals surface area (Å²) >= 11 is 0. The third kappa shape index (κ3) is 1.25. The van der Waals surface area contributed by atoms with Crippen molar-refractivity contribution in [1.29, 1.82) is 0 Å². The Morgan fingerprint density at radius 3 is 2.62 bits per heavy atom. The lowest BCUT2D eigenvalue weighted by molar-refractivity contribution is 0.332. The van der Waals surface area contributed by atoms with Crippen LogP contribution in [-0.4, -0.2) is 7.11 Å². The Morgan fingerprint density at radius 2 is 2.25 bits per heavy atom. The van der Waals surface area contributed by atoms with E-state index in [-0.39, 0.29) is 0 Å². The topological polar surface area (TPSA) is 9.23 Å². The van der Waals surface area contributed by atoms with Crippen LogP contribution in [0.2, 0.25) is 0 Å². The number of hydrogen-bond acceptors (Lipinski definition) is 1. The lowest BCUT2D eigenvalue weighted by Crippen LogP contribution is -1.78. The summed E-state index contributed by atoms with van der Waals surface area (Å²) in [7, 11) is 1.70. The van der Waals surface area contributed by atoms with Gasteiger partial charge in [0.1, 0.15) is 0 Å². The van der Waals surface area contributed by atoms with Gasteiger partial charge in [0.05, 0.1) is 13.4 Å². The zero-order valence-electron chi connectivity index (χ0n) is 5.48. The van der Waals surface area contributed by atoms with Gasteiger partial charge in [-0.25, -0.2) is 0 Å². The highest BCUT2D eigenvalue weighted by molar-refractivity contribution is 5.06. The molecule has 0 bridgehead atoms. The van der Waals surface area contributed by atoms with E-state index >= 15 is 0 Å². The summed E-state index contributed by atoms with van der Waals surface area (Å²) in [5.74, 6) is 0.856. The molecule has 0 aromatic heterocycles. The summed E-state index contributed by atoms with van der Waals surface area (Å²) in [6.07, 6.45) is 4.58. The second kappa shape index (κ2) is 2.21. The standard InChI is InChI=1S/C7H12O/c1-6(5-8-2)7-3-4-7/h5,7H,3-4H2,1-2H3/b6-5+. The number of ether oxygens (including phenoxy) is 1. The summed E-state index contributed by atoms with van der Waals surface area (Å²) in [6, 6.07) is 0. The van der Waals surface area contributed by atoms with Gasteiger partial charge in [0.25, 0.3) is 0 Å². The molecule has 0 spiro atoms. The van der Waals surface area contributed by atoms with Gasteiger partial charge in [-0.2, -0.15) is 0 Å². The first-order valence-electron chi connectivity index (χ1n) is 3.04. The van der Waals surface area contributed by atoms with Crippen LogP contribution in [0.1, 0.15) is 19.8 Å². The van der Waals surface area contributed by atoms with Crippen LogP contribution in [0.5, 0.6) is 0 Å². The number of hydrogen-bond donors (Lipinski definition) is 0. The maximum absolute atomic E-state index is 4.84. The summed E-state index contributed by atoms with van der Waals surface area (Å²) < 4.78 is 4.84. The molecule has 1 aliphatic carbocycles. The monoisotopic (exact) mass is 112 g/mol. The van der Waals surface area contributed by atoms with Crippen molar-refractivity contribution in [1.82, 2.24) is 0 Å². The molecule has 0 radical (unpaired) electrons. The van der Waals surface area contributed by atoms with Crippen LogP contribution in [0.15, 0.2) is 11.8 Å². The van der Waals surface area contributed by atoms with E-state index in [1.807, 2.05) is 6.26 Å². The molecule has 0 aliphatic heterocycles. The first-order valence-corrected chi connectivity index (χ1v) is 3.04. The summed E-state index contributed by atoms with van der Waals surface area (Å²) in [5, 5.41) is 0. The highest BCUT2D eigenvalue weighted by Crippen LogP contribution is 2.35. The minimum absolute atomic E-state index is 0.856. The van der Waals surface area contributed by atoms with Crippen molar-refractivity contribution >= 4 is 0 Å². The smallest absolute Gasteiger partial charge is 0.0816 e. The molecule has 0 saturated heterocycles. The van der Waals surface area contributed by atoms with Gasteiger partial charge in [-0.3, -0.25) is 0 Å². The number of rotatable bonds is 2. The van der Waals surface area contributed by atoms with Gasteiger partial charge in [-0.05, 0) is 31.3 Å². The molecule has 8 heavy (non-hydrogen) atoms. The molecule has 0 amide bonds. The zero-order valence-corrected chi connectivity index (χ0v) is 5.48. The molecule has 1 saturated carbocycles. The molecule has 1 aliphatic rings. The molecular formula is C7H12O. The quantitative estimate of drug-likeness (QED) is 0.496. The largest absolute Gasteiger partial charge is 0.504 e. The number of methoxy groups -OCH3 is 1. The minimum atomic E-state index is 0.856. The van der Waals surface area contributed by atoms with Crippen LogP contribution in [0, 0.1) is 5.92 Å². The Hall–Kier alpha value is -0.460. The zero-order chi connectivity index (χ0) is 5.98. The van der Waals surface area contributed by atoms with Crippen LogP contribution in [0.25, 0.3) is 0 Å². The molecule has 0 heterocycles. The van der Waals surface area contributed by atoms with Crippen LogP contribution >= 0.6 is 0 Å². The Morgan fingerprint density at radius 1 is 1.62 bits per heavy atom. The Labute approximate surface area is 50.3 Å². The van der Waals surface area contributed by atoms with Crippen LogP contribution in [0.4, 0.5) is 0 Å². The van der Waals surface area contributed by atoms with Gasteiger partial charge in [0, 0.05) is 0 Å². The SMILES string of the molecule is CO/C=C(\C)C1CC1. The van der Waals surface area contributed by atoms with Crippen molar-refractivity contribution in [3.8, 4) is 0 Å². The summed E-state index contributed by atoms with van der Waals surface area (Å²) in [5.41, 5.74) is 1.40. The third-order valence-corrected chi connectivity index (χ3v) is 1.53.